The van der Waals surface area contributed by atoms with Gasteiger partial charge in [0.2, 0.25) is 0 Å². The molecule has 0 radical (unpaired) electrons. The smallest absolute Gasteiger partial charge is 0.0476 e. The van der Waals surface area contributed by atoms with E-state index in [1.54, 1.807) is 7.11 Å². The lowest BCUT2D eigenvalue weighted by atomic mass is 10.2. The highest BCUT2D eigenvalue weighted by Crippen LogP contribution is 2.21. The summed E-state index contributed by atoms with van der Waals surface area (Å²) in [5, 5.41) is 4.21. The lowest BCUT2D eigenvalue weighted by Crippen LogP contribution is -2.26. The summed E-state index contributed by atoms with van der Waals surface area (Å²) in [5.41, 5.74) is 1.12. The topological polar surface area (TPSA) is 21.3 Å². The van der Waals surface area contributed by atoms with Crippen molar-refractivity contribution in [2.45, 2.75) is 25.9 Å². The Balaban J connectivity index is 2.42. The van der Waals surface area contributed by atoms with Crippen LogP contribution < -0.4 is 5.32 Å². The molecule has 0 aliphatic rings. The number of hydrogen-bond acceptors (Lipinski definition) is 2. The SMILES string of the molecule is COCCC(C)NCc1ccc(Br)cc1Cl. The number of rotatable bonds is 6. The van der Waals surface area contributed by atoms with Crippen molar-refractivity contribution < 1.29 is 4.74 Å². The van der Waals surface area contributed by atoms with Gasteiger partial charge in [0.05, 0.1) is 0 Å². The molecular formula is C12H17BrClNO. The lowest BCUT2D eigenvalue weighted by Gasteiger charge is -2.14. The number of halogens is 2. The first-order chi connectivity index (χ1) is 7.63. The average Bonchev–Trinajstić information content (AvgIpc) is 2.25. The van der Waals surface area contributed by atoms with Gasteiger partial charge >= 0.3 is 0 Å². The number of ether oxygens (including phenoxy) is 1. The summed E-state index contributed by atoms with van der Waals surface area (Å²) in [6.07, 6.45) is 1.00. The van der Waals surface area contributed by atoms with E-state index in [1.165, 1.54) is 0 Å². The van der Waals surface area contributed by atoms with Gasteiger partial charge < -0.3 is 10.1 Å². The Morgan fingerprint density at radius 3 is 2.88 bits per heavy atom. The summed E-state index contributed by atoms with van der Waals surface area (Å²) in [6.45, 7) is 3.71. The van der Waals surface area contributed by atoms with Crippen molar-refractivity contribution in [3.63, 3.8) is 0 Å². The van der Waals surface area contributed by atoms with E-state index in [-0.39, 0.29) is 0 Å². The fourth-order valence-corrected chi connectivity index (χ4v) is 2.09. The molecule has 1 unspecified atom stereocenters. The maximum Gasteiger partial charge on any atom is 0.0476 e. The Hall–Kier alpha value is -0.0900. The molecule has 16 heavy (non-hydrogen) atoms. The van der Waals surface area contributed by atoms with Gasteiger partial charge in [-0.05, 0) is 31.0 Å². The zero-order valence-corrected chi connectivity index (χ0v) is 11.9. The van der Waals surface area contributed by atoms with E-state index in [2.05, 4.69) is 28.2 Å². The molecule has 0 spiro atoms. The van der Waals surface area contributed by atoms with Gasteiger partial charge in [-0.2, -0.15) is 0 Å². The van der Waals surface area contributed by atoms with Crippen LogP contribution in [-0.2, 0) is 11.3 Å². The molecule has 0 heterocycles. The highest BCUT2D eigenvalue weighted by atomic mass is 79.9. The predicted octanol–water partition coefficient (Wildman–Crippen LogP) is 3.62. The maximum absolute atomic E-state index is 6.12. The summed E-state index contributed by atoms with van der Waals surface area (Å²) >= 11 is 9.51. The van der Waals surface area contributed by atoms with Crippen LogP contribution in [0.2, 0.25) is 5.02 Å². The predicted molar refractivity (Wildman–Crippen MR) is 71.9 cm³/mol. The third-order valence-corrected chi connectivity index (χ3v) is 3.26. The fourth-order valence-electron chi connectivity index (χ4n) is 1.35. The van der Waals surface area contributed by atoms with Gasteiger partial charge in [-0.15, -0.1) is 0 Å². The minimum atomic E-state index is 0.430. The molecule has 0 aliphatic heterocycles. The third kappa shape index (κ3) is 4.83. The van der Waals surface area contributed by atoms with Gasteiger partial charge in [-0.25, -0.2) is 0 Å². The van der Waals surface area contributed by atoms with Crippen LogP contribution in [0.5, 0.6) is 0 Å². The Labute approximate surface area is 110 Å². The molecule has 1 rings (SSSR count). The van der Waals surface area contributed by atoms with Gasteiger partial charge in [-0.1, -0.05) is 33.6 Å². The highest BCUT2D eigenvalue weighted by Gasteiger charge is 2.04. The van der Waals surface area contributed by atoms with Crippen LogP contribution in [0, 0.1) is 0 Å². The third-order valence-electron chi connectivity index (χ3n) is 2.41. The molecule has 0 bridgehead atoms. The zero-order chi connectivity index (χ0) is 12.0. The van der Waals surface area contributed by atoms with E-state index < -0.39 is 0 Å². The van der Waals surface area contributed by atoms with Crippen LogP contribution in [0.15, 0.2) is 22.7 Å². The molecule has 0 fully saturated rings. The second kappa shape index (κ2) is 7.28. The Morgan fingerprint density at radius 2 is 2.25 bits per heavy atom. The Kier molecular flexibility index (Phi) is 6.36. The van der Waals surface area contributed by atoms with Crippen LogP contribution in [0.25, 0.3) is 0 Å². The van der Waals surface area contributed by atoms with Gasteiger partial charge in [0.1, 0.15) is 0 Å². The zero-order valence-electron chi connectivity index (χ0n) is 9.59. The second-order valence-corrected chi connectivity index (χ2v) is 5.12. The van der Waals surface area contributed by atoms with Crippen LogP contribution in [0.1, 0.15) is 18.9 Å². The van der Waals surface area contributed by atoms with E-state index in [4.69, 9.17) is 16.3 Å². The molecule has 0 amide bonds. The van der Waals surface area contributed by atoms with Crippen molar-refractivity contribution in [2.24, 2.45) is 0 Å². The average molecular weight is 307 g/mol. The van der Waals surface area contributed by atoms with Crippen molar-refractivity contribution in [2.75, 3.05) is 13.7 Å². The van der Waals surface area contributed by atoms with Crippen molar-refractivity contribution in [3.8, 4) is 0 Å². The van der Waals surface area contributed by atoms with E-state index in [0.29, 0.717) is 6.04 Å². The summed E-state index contributed by atoms with van der Waals surface area (Å²) in [5.74, 6) is 0. The maximum atomic E-state index is 6.12. The molecule has 1 aromatic carbocycles. The molecule has 1 aromatic rings. The number of benzene rings is 1. The van der Waals surface area contributed by atoms with Gasteiger partial charge in [0.25, 0.3) is 0 Å². The normalized spacial score (nSPS) is 12.8. The molecule has 90 valence electrons. The Morgan fingerprint density at radius 1 is 1.50 bits per heavy atom. The van der Waals surface area contributed by atoms with Crippen molar-refractivity contribution in [3.05, 3.63) is 33.3 Å². The number of nitrogens with one attached hydrogen (secondary N) is 1. The lowest BCUT2D eigenvalue weighted by molar-refractivity contribution is 0.184. The summed E-state index contributed by atoms with van der Waals surface area (Å²) in [7, 11) is 1.72. The molecule has 1 atom stereocenters. The molecular weight excluding hydrogens is 289 g/mol. The second-order valence-electron chi connectivity index (χ2n) is 3.80. The first-order valence-electron chi connectivity index (χ1n) is 5.29. The molecule has 2 nitrogen and oxygen atoms in total. The van der Waals surface area contributed by atoms with Crippen LogP contribution in [0.4, 0.5) is 0 Å². The summed E-state index contributed by atoms with van der Waals surface area (Å²) in [6, 6.07) is 6.38. The summed E-state index contributed by atoms with van der Waals surface area (Å²) in [4.78, 5) is 0. The van der Waals surface area contributed by atoms with E-state index in [0.717, 1.165) is 34.6 Å². The quantitative estimate of drug-likeness (QED) is 0.867. The first-order valence-corrected chi connectivity index (χ1v) is 6.47. The van der Waals surface area contributed by atoms with Gasteiger partial charge in [0, 0.05) is 35.8 Å². The van der Waals surface area contributed by atoms with E-state index >= 15 is 0 Å². The standard InChI is InChI=1S/C12H17BrClNO/c1-9(5-6-16-2)15-8-10-3-4-11(13)7-12(10)14/h3-4,7,9,15H,5-6,8H2,1-2H3. The largest absolute Gasteiger partial charge is 0.385 e. The Bertz CT molecular complexity index is 333. The van der Waals surface area contributed by atoms with Crippen molar-refractivity contribution >= 4 is 27.5 Å². The van der Waals surface area contributed by atoms with Gasteiger partial charge in [-0.3, -0.25) is 0 Å². The monoisotopic (exact) mass is 305 g/mol. The van der Waals surface area contributed by atoms with Crippen LogP contribution >= 0.6 is 27.5 Å². The number of hydrogen-bond donors (Lipinski definition) is 1. The molecule has 0 saturated heterocycles. The van der Waals surface area contributed by atoms with Crippen LogP contribution in [0.3, 0.4) is 0 Å². The minimum Gasteiger partial charge on any atom is -0.385 e. The minimum absolute atomic E-state index is 0.430. The van der Waals surface area contributed by atoms with E-state index in [1.807, 2.05) is 18.2 Å². The number of methoxy groups -OCH3 is 1. The molecule has 1 N–H and O–H groups in total. The van der Waals surface area contributed by atoms with Crippen molar-refractivity contribution in [1.29, 1.82) is 0 Å². The summed E-state index contributed by atoms with van der Waals surface area (Å²) < 4.78 is 6.04. The highest BCUT2D eigenvalue weighted by molar-refractivity contribution is 9.10. The fraction of sp³-hybridized carbons (Fsp3) is 0.500. The first kappa shape index (κ1) is 14.0. The van der Waals surface area contributed by atoms with Crippen LogP contribution in [-0.4, -0.2) is 19.8 Å². The molecule has 0 aliphatic carbocycles. The van der Waals surface area contributed by atoms with Gasteiger partial charge in [0.15, 0.2) is 0 Å². The molecule has 0 aromatic heterocycles. The van der Waals surface area contributed by atoms with E-state index in [9.17, 15) is 0 Å². The molecule has 0 saturated carbocycles. The molecule has 4 heteroatoms. The van der Waals surface area contributed by atoms with Crippen molar-refractivity contribution in [1.82, 2.24) is 5.32 Å².